The number of anilines is 1. The topological polar surface area (TPSA) is 81.5 Å². The maximum absolute atomic E-state index is 13.2. The standard InChI is InChI=1S/C21H16N2O4/c1-13-12-14(23(25)26)10-11-17(13)22-21(24)20-15-6-2-4-8-18(15)27-19-9-5-3-7-16(19)20/h2-12,20H,1H3,(H,22,24). The molecule has 0 unspecified atom stereocenters. The SMILES string of the molecule is Cc1cc([N+](=O)[O-])ccc1NC(=O)C1c2ccccc2Oc2ccccc21. The van der Waals surface area contributed by atoms with Crippen LogP contribution in [-0.4, -0.2) is 10.8 Å². The number of nitro benzene ring substituents is 1. The number of carbonyl (C=O) groups excluding carboxylic acids is 1. The number of hydrogen-bond donors (Lipinski definition) is 1. The van der Waals surface area contributed by atoms with Crippen molar-refractivity contribution >= 4 is 17.3 Å². The van der Waals surface area contributed by atoms with Crippen LogP contribution in [0.4, 0.5) is 11.4 Å². The fraction of sp³-hybridized carbons (Fsp3) is 0.0952. The summed E-state index contributed by atoms with van der Waals surface area (Å²) in [5.74, 6) is 0.560. The Morgan fingerprint density at radius 2 is 1.59 bits per heavy atom. The van der Waals surface area contributed by atoms with Crippen molar-refractivity contribution in [3.63, 3.8) is 0 Å². The highest BCUT2D eigenvalue weighted by molar-refractivity contribution is 6.00. The lowest BCUT2D eigenvalue weighted by atomic mass is 9.87. The molecule has 0 fully saturated rings. The van der Waals surface area contributed by atoms with Crippen molar-refractivity contribution in [1.82, 2.24) is 0 Å². The van der Waals surface area contributed by atoms with Gasteiger partial charge in [0, 0.05) is 28.9 Å². The Morgan fingerprint density at radius 1 is 1.00 bits per heavy atom. The molecule has 0 bridgehead atoms. The van der Waals surface area contributed by atoms with Gasteiger partial charge in [0.05, 0.1) is 10.8 Å². The molecule has 134 valence electrons. The number of fused-ring (bicyclic) bond motifs is 2. The Balaban J connectivity index is 1.71. The summed E-state index contributed by atoms with van der Waals surface area (Å²) in [5.41, 5.74) is 2.74. The molecule has 0 saturated heterocycles. The van der Waals surface area contributed by atoms with Crippen LogP contribution in [0.3, 0.4) is 0 Å². The predicted molar refractivity (Wildman–Crippen MR) is 101 cm³/mol. The van der Waals surface area contributed by atoms with Gasteiger partial charge >= 0.3 is 0 Å². The maximum Gasteiger partial charge on any atom is 0.269 e. The van der Waals surface area contributed by atoms with Gasteiger partial charge < -0.3 is 10.1 Å². The van der Waals surface area contributed by atoms with Gasteiger partial charge in [-0.1, -0.05) is 36.4 Å². The summed E-state index contributed by atoms with van der Waals surface area (Å²) >= 11 is 0. The number of rotatable bonds is 3. The first-order valence-corrected chi connectivity index (χ1v) is 8.46. The lowest BCUT2D eigenvalue weighted by Crippen LogP contribution is -2.25. The van der Waals surface area contributed by atoms with E-state index in [0.29, 0.717) is 22.7 Å². The minimum Gasteiger partial charge on any atom is -0.457 e. The quantitative estimate of drug-likeness (QED) is 0.538. The normalized spacial score (nSPS) is 12.5. The van der Waals surface area contributed by atoms with Crippen molar-refractivity contribution in [2.75, 3.05) is 5.32 Å². The molecular weight excluding hydrogens is 344 g/mol. The van der Waals surface area contributed by atoms with Gasteiger partial charge in [-0.25, -0.2) is 0 Å². The Morgan fingerprint density at radius 3 is 2.15 bits per heavy atom. The number of benzene rings is 3. The summed E-state index contributed by atoms with van der Waals surface area (Å²) in [5, 5.41) is 13.8. The Bertz CT molecular complexity index is 1020. The molecule has 6 nitrogen and oxygen atoms in total. The van der Waals surface area contributed by atoms with E-state index in [4.69, 9.17) is 4.74 Å². The number of hydrogen-bond acceptors (Lipinski definition) is 4. The van der Waals surface area contributed by atoms with E-state index in [1.807, 2.05) is 48.5 Å². The summed E-state index contributed by atoms with van der Waals surface area (Å²) in [6, 6.07) is 19.3. The van der Waals surface area contributed by atoms with Crippen molar-refractivity contribution in [2.45, 2.75) is 12.8 Å². The van der Waals surface area contributed by atoms with Crippen LogP contribution in [0.1, 0.15) is 22.6 Å². The Hall–Kier alpha value is -3.67. The van der Waals surface area contributed by atoms with E-state index in [1.165, 1.54) is 12.1 Å². The van der Waals surface area contributed by atoms with Gasteiger partial charge in [0.25, 0.3) is 5.69 Å². The largest absolute Gasteiger partial charge is 0.457 e. The number of amides is 1. The molecule has 1 heterocycles. The summed E-state index contributed by atoms with van der Waals surface area (Å²) in [6.45, 7) is 1.73. The fourth-order valence-electron chi connectivity index (χ4n) is 3.30. The van der Waals surface area contributed by atoms with Crippen molar-refractivity contribution < 1.29 is 14.5 Å². The molecule has 0 aromatic heterocycles. The number of nitro groups is 1. The van der Waals surface area contributed by atoms with Crippen LogP contribution in [0, 0.1) is 17.0 Å². The van der Waals surface area contributed by atoms with E-state index < -0.39 is 10.8 Å². The molecule has 27 heavy (non-hydrogen) atoms. The minimum atomic E-state index is -0.527. The highest BCUT2D eigenvalue weighted by Crippen LogP contribution is 2.44. The van der Waals surface area contributed by atoms with Crippen LogP contribution < -0.4 is 10.1 Å². The number of nitrogens with zero attached hydrogens (tertiary/aromatic N) is 1. The third kappa shape index (κ3) is 3.01. The number of para-hydroxylation sites is 2. The van der Waals surface area contributed by atoms with E-state index in [0.717, 1.165) is 11.1 Å². The van der Waals surface area contributed by atoms with Gasteiger partial charge in [0.1, 0.15) is 11.5 Å². The second kappa shape index (κ2) is 6.57. The van der Waals surface area contributed by atoms with E-state index in [2.05, 4.69) is 5.32 Å². The molecular formula is C21H16N2O4. The zero-order valence-electron chi connectivity index (χ0n) is 14.5. The molecule has 3 aromatic rings. The van der Waals surface area contributed by atoms with E-state index in [9.17, 15) is 14.9 Å². The van der Waals surface area contributed by atoms with Gasteiger partial charge in [-0.3, -0.25) is 14.9 Å². The average Bonchev–Trinajstić information content (AvgIpc) is 2.67. The van der Waals surface area contributed by atoms with Gasteiger partial charge in [-0.15, -0.1) is 0 Å². The lowest BCUT2D eigenvalue weighted by molar-refractivity contribution is -0.384. The summed E-state index contributed by atoms with van der Waals surface area (Å²) < 4.78 is 5.92. The maximum atomic E-state index is 13.2. The van der Waals surface area contributed by atoms with E-state index >= 15 is 0 Å². The summed E-state index contributed by atoms with van der Waals surface area (Å²) in [7, 11) is 0. The number of carbonyl (C=O) groups is 1. The minimum absolute atomic E-state index is 0.00717. The van der Waals surface area contributed by atoms with Crippen molar-refractivity contribution in [1.29, 1.82) is 0 Å². The predicted octanol–water partition coefficient (Wildman–Crippen LogP) is 4.78. The molecule has 1 N–H and O–H groups in total. The second-order valence-corrected chi connectivity index (χ2v) is 6.36. The molecule has 1 aliphatic rings. The van der Waals surface area contributed by atoms with E-state index in [1.54, 1.807) is 13.0 Å². The third-order valence-corrected chi connectivity index (χ3v) is 4.62. The zero-order chi connectivity index (χ0) is 19.0. The van der Waals surface area contributed by atoms with Crippen LogP contribution >= 0.6 is 0 Å². The molecule has 0 spiro atoms. The van der Waals surface area contributed by atoms with Gasteiger partial charge in [0.15, 0.2) is 0 Å². The first-order valence-electron chi connectivity index (χ1n) is 8.46. The molecule has 1 aliphatic heterocycles. The van der Waals surface area contributed by atoms with Crippen LogP contribution in [0.5, 0.6) is 11.5 Å². The first kappa shape index (κ1) is 16.8. The average molecular weight is 360 g/mol. The molecule has 0 radical (unpaired) electrons. The highest BCUT2D eigenvalue weighted by atomic mass is 16.6. The van der Waals surface area contributed by atoms with Crippen molar-refractivity contribution in [3.05, 3.63) is 93.5 Å². The van der Waals surface area contributed by atoms with Crippen LogP contribution in [0.2, 0.25) is 0 Å². The smallest absolute Gasteiger partial charge is 0.269 e. The lowest BCUT2D eigenvalue weighted by Gasteiger charge is -2.27. The molecule has 1 amide bonds. The zero-order valence-corrected chi connectivity index (χ0v) is 14.5. The van der Waals surface area contributed by atoms with Crippen LogP contribution in [0.15, 0.2) is 66.7 Å². The van der Waals surface area contributed by atoms with Gasteiger partial charge in [-0.2, -0.15) is 0 Å². The molecule has 3 aromatic carbocycles. The summed E-state index contributed by atoms with van der Waals surface area (Å²) in [4.78, 5) is 23.6. The number of aryl methyl sites for hydroxylation is 1. The van der Waals surface area contributed by atoms with Gasteiger partial charge in [-0.05, 0) is 30.7 Å². The number of ether oxygens (including phenoxy) is 1. The first-order chi connectivity index (χ1) is 13.0. The van der Waals surface area contributed by atoms with E-state index in [-0.39, 0.29) is 11.6 Å². The molecule has 0 aliphatic carbocycles. The fourth-order valence-corrected chi connectivity index (χ4v) is 3.30. The molecule has 4 rings (SSSR count). The van der Waals surface area contributed by atoms with Gasteiger partial charge in [0.2, 0.25) is 5.91 Å². The van der Waals surface area contributed by atoms with Crippen molar-refractivity contribution in [3.8, 4) is 11.5 Å². The Kier molecular flexibility index (Phi) is 4.08. The monoisotopic (exact) mass is 360 g/mol. The number of non-ortho nitro benzene ring substituents is 1. The van der Waals surface area contributed by atoms with Crippen LogP contribution in [0.25, 0.3) is 0 Å². The highest BCUT2D eigenvalue weighted by Gasteiger charge is 2.32. The summed E-state index contributed by atoms with van der Waals surface area (Å²) in [6.07, 6.45) is 0. The third-order valence-electron chi connectivity index (χ3n) is 4.62. The molecule has 6 heteroatoms. The molecule has 0 atom stereocenters. The second-order valence-electron chi connectivity index (χ2n) is 6.36. The Labute approximate surface area is 155 Å². The van der Waals surface area contributed by atoms with Crippen molar-refractivity contribution in [2.24, 2.45) is 0 Å². The number of nitrogens with one attached hydrogen (secondary N) is 1. The molecule has 0 saturated carbocycles. The van der Waals surface area contributed by atoms with Crippen LogP contribution in [-0.2, 0) is 4.79 Å².